The minimum atomic E-state index is -0.397. The van der Waals surface area contributed by atoms with Crippen LogP contribution in [0.5, 0.6) is 0 Å². The van der Waals surface area contributed by atoms with Gasteiger partial charge in [-0.25, -0.2) is 14.3 Å². The highest BCUT2D eigenvalue weighted by molar-refractivity contribution is 5.88. The summed E-state index contributed by atoms with van der Waals surface area (Å²) in [6.45, 7) is 2.13. The van der Waals surface area contributed by atoms with Crippen molar-refractivity contribution in [2.45, 2.75) is 38.5 Å². The number of carbonyl (C=O) groups excluding carboxylic acids is 1. The molecule has 0 saturated heterocycles. The van der Waals surface area contributed by atoms with E-state index in [4.69, 9.17) is 9.72 Å². The normalized spacial score (nSPS) is 14.9. The molecule has 2 heterocycles. The maximum Gasteiger partial charge on any atom is 0.358 e. The number of benzene rings is 1. The Balaban J connectivity index is 1.87. The van der Waals surface area contributed by atoms with Crippen molar-refractivity contribution in [3.63, 3.8) is 0 Å². The van der Waals surface area contributed by atoms with Gasteiger partial charge >= 0.3 is 5.97 Å². The van der Waals surface area contributed by atoms with E-state index < -0.39 is 5.97 Å². The van der Waals surface area contributed by atoms with Gasteiger partial charge in [-0.15, -0.1) is 0 Å². The molecule has 0 bridgehead atoms. The van der Waals surface area contributed by atoms with Crippen LogP contribution in [-0.2, 0) is 4.74 Å². The molecule has 5 heteroatoms. The summed E-state index contributed by atoms with van der Waals surface area (Å²) in [6.07, 6.45) is 4.78. The van der Waals surface area contributed by atoms with Crippen molar-refractivity contribution in [2.75, 3.05) is 6.61 Å². The Morgan fingerprint density at radius 2 is 1.96 bits per heavy atom. The summed E-state index contributed by atoms with van der Waals surface area (Å²) in [4.78, 5) is 16.8. The van der Waals surface area contributed by atoms with Gasteiger partial charge in [0.05, 0.1) is 12.3 Å². The number of esters is 1. The molecule has 1 saturated carbocycles. The minimum Gasteiger partial charge on any atom is -0.461 e. The van der Waals surface area contributed by atoms with E-state index in [1.807, 2.05) is 22.7 Å². The van der Waals surface area contributed by atoms with Crippen molar-refractivity contribution in [1.29, 1.82) is 0 Å². The Bertz CT molecular complexity index is 896. The standard InChI is InChI=1S/C20H21N3O2/c1-2-25-20(24)17-13-19-21-16(14-8-4-3-5-9-14)12-18(23(19)22-17)15-10-6-7-11-15/h3-5,8-9,12-13,15H,2,6-7,10-11H2,1H3. The van der Waals surface area contributed by atoms with Crippen molar-refractivity contribution in [2.24, 2.45) is 0 Å². The second-order valence-electron chi connectivity index (χ2n) is 6.43. The SMILES string of the molecule is CCOC(=O)c1cc2nc(-c3ccccc3)cc(C3CCCC3)n2n1. The number of ether oxygens (including phenoxy) is 1. The second kappa shape index (κ2) is 6.67. The summed E-state index contributed by atoms with van der Waals surface area (Å²) in [5.74, 6) is 0.0644. The summed E-state index contributed by atoms with van der Waals surface area (Å²) in [6, 6.07) is 14.0. The van der Waals surface area contributed by atoms with E-state index in [0.717, 1.165) is 29.8 Å². The van der Waals surface area contributed by atoms with Gasteiger partial charge in [-0.3, -0.25) is 0 Å². The molecular formula is C20H21N3O2. The average molecular weight is 335 g/mol. The van der Waals surface area contributed by atoms with Crippen LogP contribution in [0.3, 0.4) is 0 Å². The molecular weight excluding hydrogens is 314 g/mol. The zero-order chi connectivity index (χ0) is 17.2. The molecule has 5 nitrogen and oxygen atoms in total. The third-order valence-corrected chi connectivity index (χ3v) is 4.78. The predicted molar refractivity (Wildman–Crippen MR) is 95.6 cm³/mol. The minimum absolute atomic E-state index is 0.318. The van der Waals surface area contributed by atoms with Gasteiger partial charge in [0.1, 0.15) is 0 Å². The number of fused-ring (bicyclic) bond motifs is 1. The van der Waals surface area contributed by atoms with Crippen molar-refractivity contribution < 1.29 is 9.53 Å². The first-order valence-electron chi connectivity index (χ1n) is 8.89. The molecule has 0 aliphatic heterocycles. The number of carbonyl (C=O) groups is 1. The third-order valence-electron chi connectivity index (χ3n) is 4.78. The molecule has 0 radical (unpaired) electrons. The van der Waals surface area contributed by atoms with E-state index in [-0.39, 0.29) is 0 Å². The smallest absolute Gasteiger partial charge is 0.358 e. The first kappa shape index (κ1) is 15.8. The van der Waals surface area contributed by atoms with Gasteiger partial charge in [-0.1, -0.05) is 43.2 Å². The first-order valence-corrected chi connectivity index (χ1v) is 8.89. The fraction of sp³-hybridized carbons (Fsp3) is 0.350. The molecule has 0 spiro atoms. The van der Waals surface area contributed by atoms with E-state index in [1.54, 1.807) is 13.0 Å². The molecule has 128 valence electrons. The Morgan fingerprint density at radius 1 is 1.20 bits per heavy atom. The summed E-state index contributed by atoms with van der Waals surface area (Å²) in [5.41, 5.74) is 4.15. The fourth-order valence-electron chi connectivity index (χ4n) is 3.57. The van der Waals surface area contributed by atoms with E-state index in [2.05, 4.69) is 23.3 Å². The van der Waals surface area contributed by atoms with E-state index >= 15 is 0 Å². The van der Waals surface area contributed by atoms with Crippen molar-refractivity contribution >= 4 is 11.6 Å². The molecule has 1 fully saturated rings. The van der Waals surface area contributed by atoms with E-state index in [1.165, 1.54) is 12.8 Å². The molecule has 3 aromatic rings. The summed E-state index contributed by atoms with van der Waals surface area (Å²) in [5, 5.41) is 4.49. The van der Waals surface area contributed by atoms with Crippen LogP contribution in [-0.4, -0.2) is 27.2 Å². The monoisotopic (exact) mass is 335 g/mol. The van der Waals surface area contributed by atoms with Crippen LogP contribution in [0.1, 0.15) is 54.7 Å². The maximum atomic E-state index is 12.1. The Labute approximate surface area is 146 Å². The van der Waals surface area contributed by atoms with E-state index in [9.17, 15) is 4.79 Å². The molecule has 0 unspecified atom stereocenters. The lowest BCUT2D eigenvalue weighted by Gasteiger charge is -2.13. The molecule has 0 atom stereocenters. The molecule has 25 heavy (non-hydrogen) atoms. The number of aromatic nitrogens is 3. The Kier molecular flexibility index (Phi) is 4.22. The lowest BCUT2D eigenvalue weighted by Crippen LogP contribution is -2.08. The maximum absolute atomic E-state index is 12.1. The third kappa shape index (κ3) is 3.02. The Morgan fingerprint density at radius 3 is 2.68 bits per heavy atom. The molecule has 1 aromatic carbocycles. The molecule has 2 aromatic heterocycles. The lowest BCUT2D eigenvalue weighted by atomic mass is 10.0. The predicted octanol–water partition coefficient (Wildman–Crippen LogP) is 4.23. The van der Waals surface area contributed by atoms with Crippen LogP contribution < -0.4 is 0 Å². The second-order valence-corrected chi connectivity index (χ2v) is 6.43. The zero-order valence-corrected chi connectivity index (χ0v) is 14.3. The van der Waals surface area contributed by atoms with E-state index in [0.29, 0.717) is 23.9 Å². The van der Waals surface area contributed by atoms with Gasteiger partial charge in [-0.05, 0) is 25.8 Å². The summed E-state index contributed by atoms with van der Waals surface area (Å²) in [7, 11) is 0. The lowest BCUT2D eigenvalue weighted by molar-refractivity contribution is 0.0519. The van der Waals surface area contributed by atoms with Crippen LogP contribution in [0.15, 0.2) is 42.5 Å². The fourth-order valence-corrected chi connectivity index (χ4v) is 3.57. The average Bonchev–Trinajstić information content (AvgIpc) is 3.31. The highest BCUT2D eigenvalue weighted by atomic mass is 16.5. The molecule has 4 rings (SSSR count). The van der Waals surface area contributed by atoms with Crippen LogP contribution in [0.2, 0.25) is 0 Å². The summed E-state index contributed by atoms with van der Waals surface area (Å²) >= 11 is 0. The molecule has 0 amide bonds. The van der Waals surface area contributed by atoms with Gasteiger partial charge in [-0.2, -0.15) is 5.10 Å². The number of hydrogen-bond donors (Lipinski definition) is 0. The van der Waals surface area contributed by atoms with Crippen LogP contribution in [0.25, 0.3) is 16.9 Å². The molecule has 0 N–H and O–H groups in total. The largest absolute Gasteiger partial charge is 0.461 e. The zero-order valence-electron chi connectivity index (χ0n) is 14.3. The van der Waals surface area contributed by atoms with Crippen molar-refractivity contribution in [1.82, 2.24) is 14.6 Å². The number of nitrogens with zero attached hydrogens (tertiary/aromatic N) is 3. The topological polar surface area (TPSA) is 56.5 Å². The number of rotatable bonds is 4. The van der Waals surface area contributed by atoms with Gasteiger partial charge in [0.25, 0.3) is 0 Å². The van der Waals surface area contributed by atoms with Gasteiger partial charge in [0, 0.05) is 23.2 Å². The van der Waals surface area contributed by atoms with Gasteiger partial charge in [0.2, 0.25) is 0 Å². The van der Waals surface area contributed by atoms with Crippen molar-refractivity contribution in [3.05, 3.63) is 53.9 Å². The van der Waals surface area contributed by atoms with Crippen LogP contribution >= 0.6 is 0 Å². The Hall–Kier alpha value is -2.69. The van der Waals surface area contributed by atoms with Gasteiger partial charge in [0.15, 0.2) is 11.3 Å². The number of hydrogen-bond acceptors (Lipinski definition) is 4. The van der Waals surface area contributed by atoms with Crippen LogP contribution in [0, 0.1) is 0 Å². The molecule has 1 aliphatic carbocycles. The highest BCUT2D eigenvalue weighted by Gasteiger charge is 2.23. The quantitative estimate of drug-likeness (QED) is 0.670. The summed E-state index contributed by atoms with van der Waals surface area (Å²) < 4.78 is 6.92. The first-order chi connectivity index (χ1) is 12.3. The highest BCUT2D eigenvalue weighted by Crippen LogP contribution is 2.35. The van der Waals surface area contributed by atoms with Gasteiger partial charge < -0.3 is 4.74 Å². The van der Waals surface area contributed by atoms with Crippen molar-refractivity contribution in [3.8, 4) is 11.3 Å². The van der Waals surface area contributed by atoms with Crippen LogP contribution in [0.4, 0.5) is 0 Å². The molecule has 1 aliphatic rings.